The maximum absolute atomic E-state index is 12.9. The number of thiophene rings is 1. The molecule has 1 amide bonds. The van der Waals surface area contributed by atoms with E-state index in [1.54, 1.807) is 4.90 Å². The molecule has 1 aliphatic heterocycles. The molecule has 26 heavy (non-hydrogen) atoms. The van der Waals surface area contributed by atoms with Gasteiger partial charge in [-0.2, -0.15) is 5.10 Å². The van der Waals surface area contributed by atoms with Crippen molar-refractivity contribution in [2.45, 2.75) is 19.4 Å². The molecule has 136 valence electrons. The van der Waals surface area contributed by atoms with Crippen molar-refractivity contribution < 1.29 is 15.0 Å². The monoisotopic (exact) mass is 371 g/mol. The molecule has 3 heterocycles. The lowest BCUT2D eigenvalue weighted by atomic mass is 9.95. The molecular formula is C19H21N3O3S. The number of nitrogens with zero attached hydrogens (tertiary/aromatic N) is 3. The topological polar surface area (TPSA) is 78.6 Å². The fourth-order valence-corrected chi connectivity index (χ4v) is 4.58. The Morgan fingerprint density at radius 2 is 2.12 bits per heavy atom. The number of fused-ring (bicyclic) bond motifs is 1. The summed E-state index contributed by atoms with van der Waals surface area (Å²) in [7, 11) is 0. The van der Waals surface area contributed by atoms with E-state index in [0.717, 1.165) is 21.6 Å². The van der Waals surface area contributed by atoms with Gasteiger partial charge in [0.25, 0.3) is 5.91 Å². The Kier molecular flexibility index (Phi) is 4.52. The summed E-state index contributed by atoms with van der Waals surface area (Å²) in [6, 6.07) is 11.8. The Morgan fingerprint density at radius 3 is 2.81 bits per heavy atom. The highest BCUT2D eigenvalue weighted by Crippen LogP contribution is 2.31. The molecule has 0 bridgehead atoms. The van der Waals surface area contributed by atoms with Gasteiger partial charge in [-0.1, -0.05) is 18.2 Å². The zero-order valence-electron chi connectivity index (χ0n) is 14.5. The maximum Gasteiger partial charge on any atom is 0.264 e. The Morgan fingerprint density at radius 1 is 1.35 bits per heavy atom. The predicted octanol–water partition coefficient (Wildman–Crippen LogP) is 2.21. The Bertz CT molecular complexity index is 934. The van der Waals surface area contributed by atoms with E-state index in [1.807, 2.05) is 48.0 Å². The van der Waals surface area contributed by atoms with Crippen molar-refractivity contribution in [1.82, 2.24) is 14.7 Å². The van der Waals surface area contributed by atoms with E-state index in [9.17, 15) is 15.0 Å². The van der Waals surface area contributed by atoms with E-state index in [0.29, 0.717) is 17.8 Å². The largest absolute Gasteiger partial charge is 0.396 e. The van der Waals surface area contributed by atoms with Gasteiger partial charge < -0.3 is 15.1 Å². The number of aryl methyl sites for hydroxylation is 1. The van der Waals surface area contributed by atoms with Crippen molar-refractivity contribution in [3.63, 3.8) is 0 Å². The number of rotatable bonds is 3. The van der Waals surface area contributed by atoms with E-state index in [-0.39, 0.29) is 25.0 Å². The zero-order chi connectivity index (χ0) is 18.3. The van der Waals surface area contributed by atoms with Gasteiger partial charge >= 0.3 is 0 Å². The molecule has 1 aliphatic rings. The molecule has 0 saturated carbocycles. The number of aliphatic hydroxyl groups is 2. The fourth-order valence-electron chi connectivity index (χ4n) is 3.43. The number of amides is 1. The first kappa shape index (κ1) is 17.2. The first-order valence-corrected chi connectivity index (χ1v) is 9.53. The molecule has 0 aliphatic carbocycles. The summed E-state index contributed by atoms with van der Waals surface area (Å²) in [6.07, 6.45) is -0.0564. The second-order valence-corrected chi connectivity index (χ2v) is 7.74. The second-order valence-electron chi connectivity index (χ2n) is 6.71. The Hall–Kier alpha value is -2.22. The molecule has 1 aromatic carbocycles. The average Bonchev–Trinajstić information content (AvgIpc) is 3.22. The second kappa shape index (κ2) is 6.83. The minimum Gasteiger partial charge on any atom is -0.396 e. The summed E-state index contributed by atoms with van der Waals surface area (Å²) in [4.78, 5) is 16.2. The van der Waals surface area contributed by atoms with E-state index in [2.05, 4.69) is 5.10 Å². The number of benzene rings is 1. The van der Waals surface area contributed by atoms with E-state index in [1.165, 1.54) is 11.3 Å². The van der Waals surface area contributed by atoms with Gasteiger partial charge in [0.15, 0.2) is 0 Å². The number of hydrogen-bond acceptors (Lipinski definition) is 5. The predicted molar refractivity (Wildman–Crippen MR) is 101 cm³/mol. The Labute approximate surface area is 155 Å². The number of likely N-dealkylation sites (tertiary alicyclic amines) is 1. The normalized spacial score (nSPS) is 20.7. The van der Waals surface area contributed by atoms with Crippen LogP contribution in [-0.2, 0) is 0 Å². The molecule has 0 radical (unpaired) electrons. The van der Waals surface area contributed by atoms with Crippen molar-refractivity contribution in [2.75, 3.05) is 19.7 Å². The van der Waals surface area contributed by atoms with Gasteiger partial charge in [-0.3, -0.25) is 4.79 Å². The van der Waals surface area contributed by atoms with Crippen LogP contribution in [0.2, 0.25) is 0 Å². The highest BCUT2D eigenvalue weighted by Gasteiger charge is 2.31. The summed E-state index contributed by atoms with van der Waals surface area (Å²) < 4.78 is 1.87. The standard InChI is InChI=1S/C19H21N3O3S/c1-12-15-9-17(18(25)21-8-7-13(11-23)16(24)10-21)26-19(15)22(20-12)14-5-3-2-4-6-14/h2-6,9,13,16,23-24H,7-8,10-11H2,1H3/t13-,16+/m1/s1. The van der Waals surface area contributed by atoms with Gasteiger partial charge in [0, 0.05) is 31.0 Å². The molecule has 7 heteroatoms. The molecule has 1 fully saturated rings. The lowest BCUT2D eigenvalue weighted by Crippen LogP contribution is -2.47. The van der Waals surface area contributed by atoms with Crippen molar-refractivity contribution in [2.24, 2.45) is 5.92 Å². The van der Waals surface area contributed by atoms with E-state index >= 15 is 0 Å². The molecular weight excluding hydrogens is 350 g/mol. The number of carbonyl (C=O) groups excluding carboxylic acids is 1. The minimum atomic E-state index is -0.673. The van der Waals surface area contributed by atoms with Crippen LogP contribution in [0.4, 0.5) is 0 Å². The van der Waals surface area contributed by atoms with Crippen LogP contribution in [0.25, 0.3) is 15.9 Å². The summed E-state index contributed by atoms with van der Waals surface area (Å²) in [5, 5.41) is 25.0. The van der Waals surface area contributed by atoms with Crippen LogP contribution in [0.1, 0.15) is 21.8 Å². The lowest BCUT2D eigenvalue weighted by molar-refractivity contribution is 0.00107. The van der Waals surface area contributed by atoms with Gasteiger partial charge in [0.2, 0.25) is 0 Å². The highest BCUT2D eigenvalue weighted by atomic mass is 32.1. The molecule has 2 atom stereocenters. The van der Waals surface area contributed by atoms with Crippen LogP contribution >= 0.6 is 11.3 Å². The number of aromatic nitrogens is 2. The van der Waals surface area contributed by atoms with E-state index < -0.39 is 6.10 Å². The number of aliphatic hydroxyl groups excluding tert-OH is 2. The van der Waals surface area contributed by atoms with Crippen LogP contribution < -0.4 is 0 Å². The van der Waals surface area contributed by atoms with Crippen LogP contribution in [0.5, 0.6) is 0 Å². The van der Waals surface area contributed by atoms with Crippen molar-refractivity contribution in [3.05, 3.63) is 47.0 Å². The molecule has 0 unspecified atom stereocenters. The number of carbonyl (C=O) groups is 1. The molecule has 4 rings (SSSR count). The molecule has 3 aromatic rings. The highest BCUT2D eigenvalue weighted by molar-refractivity contribution is 7.20. The van der Waals surface area contributed by atoms with Crippen molar-refractivity contribution in [3.8, 4) is 5.69 Å². The summed E-state index contributed by atoms with van der Waals surface area (Å²) in [6.45, 7) is 2.72. The summed E-state index contributed by atoms with van der Waals surface area (Å²) in [5.41, 5.74) is 1.85. The van der Waals surface area contributed by atoms with Crippen molar-refractivity contribution >= 4 is 27.5 Å². The number of β-amino-alcohol motifs (C(OH)–C–C–N with tert-alkyl or cyclic N) is 1. The van der Waals surface area contributed by atoms with Gasteiger partial charge in [-0.05, 0) is 31.5 Å². The fraction of sp³-hybridized carbons (Fsp3) is 0.368. The van der Waals surface area contributed by atoms with Gasteiger partial charge in [-0.15, -0.1) is 11.3 Å². The minimum absolute atomic E-state index is 0.0435. The SMILES string of the molecule is Cc1nn(-c2ccccc2)c2sc(C(=O)N3CC[C@H](CO)[C@@H](O)C3)cc12. The molecule has 2 aromatic heterocycles. The number of hydrogen-bond donors (Lipinski definition) is 2. The van der Waals surface area contributed by atoms with E-state index in [4.69, 9.17) is 0 Å². The molecule has 1 saturated heterocycles. The first-order valence-electron chi connectivity index (χ1n) is 8.71. The zero-order valence-corrected chi connectivity index (χ0v) is 15.3. The van der Waals surface area contributed by atoms with Crippen molar-refractivity contribution in [1.29, 1.82) is 0 Å². The van der Waals surface area contributed by atoms with Gasteiger partial charge in [0.05, 0.1) is 22.4 Å². The number of piperidine rings is 1. The third-order valence-corrected chi connectivity index (χ3v) is 6.10. The van der Waals surface area contributed by atoms with Crippen LogP contribution in [-0.4, -0.2) is 56.6 Å². The summed E-state index contributed by atoms with van der Waals surface area (Å²) >= 11 is 1.43. The van der Waals surface area contributed by atoms with Crippen LogP contribution in [0, 0.1) is 12.8 Å². The maximum atomic E-state index is 12.9. The molecule has 6 nitrogen and oxygen atoms in total. The van der Waals surface area contributed by atoms with Crippen LogP contribution in [0.15, 0.2) is 36.4 Å². The third kappa shape index (κ3) is 2.92. The molecule has 2 N–H and O–H groups in total. The van der Waals surface area contributed by atoms with Crippen LogP contribution in [0.3, 0.4) is 0 Å². The lowest BCUT2D eigenvalue weighted by Gasteiger charge is -2.34. The van der Waals surface area contributed by atoms with Gasteiger partial charge in [-0.25, -0.2) is 4.68 Å². The average molecular weight is 371 g/mol. The summed E-state index contributed by atoms with van der Waals surface area (Å²) in [5.74, 6) is -0.212. The smallest absolute Gasteiger partial charge is 0.264 e. The number of para-hydroxylation sites is 1. The first-order chi connectivity index (χ1) is 12.6. The van der Waals surface area contributed by atoms with Gasteiger partial charge in [0.1, 0.15) is 4.83 Å². The molecule has 0 spiro atoms. The Balaban J connectivity index is 1.65. The quantitative estimate of drug-likeness (QED) is 0.740. The third-order valence-electron chi connectivity index (χ3n) is 5.00.